The van der Waals surface area contributed by atoms with Gasteiger partial charge in [0.05, 0.1) is 0 Å². The first-order chi connectivity index (χ1) is 5.77. The summed E-state index contributed by atoms with van der Waals surface area (Å²) in [4.78, 5) is 0. The molecule has 66 valence electrons. The lowest BCUT2D eigenvalue weighted by atomic mass is 10.1. The Morgan fingerprint density at radius 1 is 1.42 bits per heavy atom. The summed E-state index contributed by atoms with van der Waals surface area (Å²) < 4.78 is 12.5. The molecular weight excluding hydrogens is 173 g/mol. The lowest BCUT2D eigenvalue weighted by Gasteiger charge is -2.11. The molecule has 0 aliphatic rings. The van der Waals surface area contributed by atoms with E-state index in [1.165, 1.54) is 12.1 Å². The molecule has 0 spiro atoms. The molecule has 0 aliphatic carbocycles. The maximum Gasteiger partial charge on any atom is 0.123 e. The fourth-order valence-corrected chi connectivity index (χ4v) is 1.67. The van der Waals surface area contributed by atoms with Crippen LogP contribution in [0.5, 0.6) is 0 Å². The van der Waals surface area contributed by atoms with Crippen molar-refractivity contribution in [3.63, 3.8) is 0 Å². The molecule has 0 fully saturated rings. The van der Waals surface area contributed by atoms with E-state index >= 15 is 0 Å². The topological polar surface area (TPSA) is 26.0 Å². The maximum atomic E-state index is 12.5. The van der Waals surface area contributed by atoms with Crippen molar-refractivity contribution in [3.8, 4) is 0 Å². The van der Waals surface area contributed by atoms with Crippen molar-refractivity contribution in [1.29, 1.82) is 0 Å². The van der Waals surface area contributed by atoms with Crippen LogP contribution >= 0.6 is 11.8 Å². The number of nitrogens with two attached hydrogens (primary N) is 1. The molecule has 0 saturated heterocycles. The summed E-state index contributed by atoms with van der Waals surface area (Å²) >= 11 is 1.68. The van der Waals surface area contributed by atoms with Crippen LogP contribution in [0.1, 0.15) is 10.8 Å². The summed E-state index contributed by atoms with van der Waals surface area (Å²) in [5, 5.41) is 0.283. The van der Waals surface area contributed by atoms with Crippen LogP contribution in [-0.2, 0) is 0 Å². The smallest absolute Gasteiger partial charge is 0.123 e. The van der Waals surface area contributed by atoms with Crippen LogP contribution in [0.4, 0.5) is 4.39 Å². The highest BCUT2D eigenvalue weighted by Gasteiger charge is 2.06. The Kier molecular flexibility index (Phi) is 3.56. The molecule has 1 atom stereocenters. The van der Waals surface area contributed by atoms with Crippen molar-refractivity contribution >= 4 is 11.8 Å². The van der Waals surface area contributed by atoms with Gasteiger partial charge in [-0.3, -0.25) is 0 Å². The molecule has 0 heterocycles. The Morgan fingerprint density at radius 2 is 2.00 bits per heavy atom. The van der Waals surface area contributed by atoms with Gasteiger partial charge in [-0.15, -0.1) is 0 Å². The van der Waals surface area contributed by atoms with E-state index < -0.39 is 0 Å². The molecule has 0 aromatic heterocycles. The average Bonchev–Trinajstić information content (AvgIpc) is 2.10. The van der Waals surface area contributed by atoms with E-state index in [-0.39, 0.29) is 11.1 Å². The highest BCUT2D eigenvalue weighted by Crippen LogP contribution is 2.24. The van der Waals surface area contributed by atoms with Gasteiger partial charge in [0.1, 0.15) is 5.82 Å². The summed E-state index contributed by atoms with van der Waals surface area (Å²) in [6.45, 7) is 0.590. The van der Waals surface area contributed by atoms with Crippen LogP contribution in [0, 0.1) is 5.82 Å². The Balaban J connectivity index is 2.80. The minimum atomic E-state index is -0.198. The van der Waals surface area contributed by atoms with Crippen LogP contribution in [0.3, 0.4) is 0 Å². The maximum absolute atomic E-state index is 12.5. The number of rotatable bonds is 3. The summed E-state index contributed by atoms with van der Waals surface area (Å²) in [5.41, 5.74) is 6.63. The van der Waals surface area contributed by atoms with E-state index in [1.54, 1.807) is 23.9 Å². The Hall–Kier alpha value is -0.540. The number of hydrogen-bond donors (Lipinski definition) is 1. The summed E-state index contributed by atoms with van der Waals surface area (Å²) in [7, 11) is 0. The van der Waals surface area contributed by atoms with Gasteiger partial charge in [-0.05, 0) is 24.0 Å². The van der Waals surface area contributed by atoms with Crippen molar-refractivity contribution in [3.05, 3.63) is 35.6 Å². The van der Waals surface area contributed by atoms with Crippen molar-refractivity contribution < 1.29 is 4.39 Å². The first kappa shape index (κ1) is 9.55. The minimum absolute atomic E-state index is 0.198. The van der Waals surface area contributed by atoms with Gasteiger partial charge in [-0.2, -0.15) is 11.8 Å². The molecule has 12 heavy (non-hydrogen) atoms. The highest BCUT2D eigenvalue weighted by molar-refractivity contribution is 7.98. The van der Waals surface area contributed by atoms with E-state index in [0.29, 0.717) is 6.54 Å². The van der Waals surface area contributed by atoms with Gasteiger partial charge in [-0.1, -0.05) is 12.1 Å². The second-order valence-electron chi connectivity index (χ2n) is 2.51. The molecule has 2 N–H and O–H groups in total. The molecular formula is C9H12FNS. The van der Waals surface area contributed by atoms with Crippen LogP contribution in [-0.4, -0.2) is 12.8 Å². The van der Waals surface area contributed by atoms with E-state index in [2.05, 4.69) is 0 Å². The summed E-state index contributed by atoms with van der Waals surface area (Å²) in [6, 6.07) is 6.50. The number of benzene rings is 1. The van der Waals surface area contributed by atoms with Crippen LogP contribution < -0.4 is 5.73 Å². The molecule has 1 rings (SSSR count). The molecule has 1 nitrogen and oxygen atoms in total. The van der Waals surface area contributed by atoms with Gasteiger partial charge < -0.3 is 5.73 Å². The molecule has 1 aromatic carbocycles. The first-order valence-corrected chi connectivity index (χ1v) is 5.05. The Labute approximate surface area is 76.2 Å². The fraction of sp³-hybridized carbons (Fsp3) is 0.333. The Bertz CT molecular complexity index is 231. The molecule has 3 heteroatoms. The van der Waals surface area contributed by atoms with E-state index in [1.807, 2.05) is 6.26 Å². The molecule has 0 bridgehead atoms. The van der Waals surface area contributed by atoms with Crippen molar-refractivity contribution in [2.24, 2.45) is 5.73 Å². The van der Waals surface area contributed by atoms with Gasteiger partial charge in [0.25, 0.3) is 0 Å². The van der Waals surface area contributed by atoms with E-state index in [9.17, 15) is 4.39 Å². The third kappa shape index (κ3) is 2.22. The molecule has 1 unspecified atom stereocenters. The third-order valence-electron chi connectivity index (χ3n) is 1.74. The Morgan fingerprint density at radius 3 is 2.42 bits per heavy atom. The molecule has 0 amide bonds. The van der Waals surface area contributed by atoms with Gasteiger partial charge in [0.15, 0.2) is 0 Å². The van der Waals surface area contributed by atoms with Crippen LogP contribution in [0.25, 0.3) is 0 Å². The van der Waals surface area contributed by atoms with Gasteiger partial charge in [0, 0.05) is 11.8 Å². The van der Waals surface area contributed by atoms with Crippen molar-refractivity contribution in [1.82, 2.24) is 0 Å². The summed E-state index contributed by atoms with van der Waals surface area (Å²) in [5.74, 6) is -0.198. The van der Waals surface area contributed by atoms with Gasteiger partial charge in [0.2, 0.25) is 0 Å². The molecule has 0 saturated carbocycles. The van der Waals surface area contributed by atoms with E-state index in [4.69, 9.17) is 5.73 Å². The summed E-state index contributed by atoms with van der Waals surface area (Å²) in [6.07, 6.45) is 2.00. The van der Waals surface area contributed by atoms with Crippen molar-refractivity contribution in [2.45, 2.75) is 5.25 Å². The van der Waals surface area contributed by atoms with Crippen molar-refractivity contribution in [2.75, 3.05) is 12.8 Å². The lowest BCUT2D eigenvalue weighted by Crippen LogP contribution is -2.08. The zero-order valence-electron chi connectivity index (χ0n) is 6.96. The van der Waals surface area contributed by atoms with Crippen LogP contribution in [0.2, 0.25) is 0 Å². The van der Waals surface area contributed by atoms with E-state index in [0.717, 1.165) is 5.56 Å². The predicted molar refractivity (Wildman–Crippen MR) is 51.7 cm³/mol. The zero-order valence-corrected chi connectivity index (χ0v) is 7.77. The molecule has 0 aliphatic heterocycles. The second-order valence-corrected chi connectivity index (χ2v) is 3.55. The lowest BCUT2D eigenvalue weighted by molar-refractivity contribution is 0.627. The quantitative estimate of drug-likeness (QED) is 0.781. The molecule has 1 aromatic rings. The monoisotopic (exact) mass is 185 g/mol. The number of thioether (sulfide) groups is 1. The standard InChI is InChI=1S/C9H12FNS/c1-12-9(6-11)7-2-4-8(10)5-3-7/h2-5,9H,6,11H2,1H3. The first-order valence-electron chi connectivity index (χ1n) is 3.76. The largest absolute Gasteiger partial charge is 0.329 e. The zero-order chi connectivity index (χ0) is 8.97. The third-order valence-corrected chi connectivity index (χ3v) is 2.77. The second kappa shape index (κ2) is 4.48. The predicted octanol–water partition coefficient (Wildman–Crippen LogP) is 2.19. The van der Waals surface area contributed by atoms with Gasteiger partial charge >= 0.3 is 0 Å². The SMILES string of the molecule is CSC(CN)c1ccc(F)cc1. The minimum Gasteiger partial charge on any atom is -0.329 e. The average molecular weight is 185 g/mol. The highest BCUT2D eigenvalue weighted by atomic mass is 32.2. The molecule has 0 radical (unpaired) electrons. The number of halogens is 1. The fourth-order valence-electron chi connectivity index (χ4n) is 1.05. The van der Waals surface area contributed by atoms with Crippen LogP contribution in [0.15, 0.2) is 24.3 Å². The number of hydrogen-bond acceptors (Lipinski definition) is 2. The van der Waals surface area contributed by atoms with Gasteiger partial charge in [-0.25, -0.2) is 4.39 Å². The normalized spacial score (nSPS) is 12.9.